The predicted octanol–water partition coefficient (Wildman–Crippen LogP) is 4.01. The van der Waals surface area contributed by atoms with Gasteiger partial charge in [-0.2, -0.15) is 0 Å². The summed E-state index contributed by atoms with van der Waals surface area (Å²) in [5.41, 5.74) is 1.89. The van der Waals surface area contributed by atoms with Crippen LogP contribution >= 0.6 is 22.6 Å². The van der Waals surface area contributed by atoms with Crippen LogP contribution in [0.15, 0.2) is 48.5 Å². The van der Waals surface area contributed by atoms with Gasteiger partial charge in [-0.25, -0.2) is 0 Å². The van der Waals surface area contributed by atoms with Crippen molar-refractivity contribution in [1.29, 1.82) is 0 Å². The van der Waals surface area contributed by atoms with Crippen molar-refractivity contribution in [1.82, 2.24) is 0 Å². The van der Waals surface area contributed by atoms with E-state index in [0.717, 1.165) is 20.6 Å². The van der Waals surface area contributed by atoms with Crippen LogP contribution in [0.3, 0.4) is 0 Å². The molecule has 0 unspecified atom stereocenters. The Morgan fingerprint density at radius 3 is 2.75 bits per heavy atom. The molecule has 0 radical (unpaired) electrons. The van der Waals surface area contributed by atoms with E-state index >= 15 is 0 Å². The maximum absolute atomic E-state index is 11.8. The minimum Gasteiger partial charge on any atom is -0.493 e. The largest absolute Gasteiger partial charge is 0.493 e. The second-order valence-electron chi connectivity index (χ2n) is 4.42. The Hall–Kier alpha value is -1.56. The molecule has 0 saturated carbocycles. The van der Waals surface area contributed by atoms with Gasteiger partial charge >= 0.3 is 0 Å². The molecule has 2 aromatic carbocycles. The predicted molar refractivity (Wildman–Crippen MR) is 89.1 cm³/mol. The second kappa shape index (κ2) is 7.28. The number of aryl methyl sites for hydroxylation is 1. The van der Waals surface area contributed by atoms with Gasteiger partial charge in [-0.05, 0) is 59.3 Å². The molecular formula is C16H16INO2. The average molecular weight is 381 g/mol. The maximum Gasteiger partial charge on any atom is 0.227 e. The highest BCUT2D eigenvalue weighted by atomic mass is 127. The summed E-state index contributed by atoms with van der Waals surface area (Å²) in [6.07, 6.45) is 0.333. The Morgan fingerprint density at radius 2 is 2.00 bits per heavy atom. The zero-order valence-electron chi connectivity index (χ0n) is 11.2. The fourth-order valence-corrected chi connectivity index (χ4v) is 2.30. The standard InChI is InChI=1S/C16H16INO2/c1-12-5-2-3-8-15(12)20-10-9-16(19)18-14-7-4-6-13(17)11-14/h2-8,11H,9-10H2,1H3,(H,18,19). The summed E-state index contributed by atoms with van der Waals surface area (Å²) in [5, 5.41) is 2.86. The summed E-state index contributed by atoms with van der Waals surface area (Å²) in [6, 6.07) is 15.5. The van der Waals surface area contributed by atoms with E-state index in [1.165, 1.54) is 0 Å². The van der Waals surface area contributed by atoms with Crippen LogP contribution in [-0.2, 0) is 4.79 Å². The van der Waals surface area contributed by atoms with Gasteiger partial charge < -0.3 is 10.1 Å². The maximum atomic E-state index is 11.8. The molecule has 104 valence electrons. The number of hydrogen-bond donors (Lipinski definition) is 1. The van der Waals surface area contributed by atoms with Crippen molar-refractivity contribution in [2.45, 2.75) is 13.3 Å². The van der Waals surface area contributed by atoms with Gasteiger partial charge in [0.15, 0.2) is 0 Å². The van der Waals surface area contributed by atoms with E-state index in [1.807, 2.05) is 55.5 Å². The molecule has 1 N–H and O–H groups in total. The van der Waals surface area contributed by atoms with Crippen LogP contribution < -0.4 is 10.1 Å². The Bertz CT molecular complexity index is 599. The molecule has 0 heterocycles. The normalized spacial score (nSPS) is 10.1. The highest BCUT2D eigenvalue weighted by Gasteiger charge is 2.04. The fourth-order valence-electron chi connectivity index (χ4n) is 1.76. The van der Waals surface area contributed by atoms with E-state index in [0.29, 0.717) is 13.0 Å². The molecule has 0 aliphatic carbocycles. The molecule has 0 fully saturated rings. The van der Waals surface area contributed by atoms with Crippen molar-refractivity contribution in [3.8, 4) is 5.75 Å². The molecule has 2 aromatic rings. The summed E-state index contributed by atoms with van der Waals surface area (Å²) in [4.78, 5) is 11.8. The van der Waals surface area contributed by atoms with Crippen molar-refractivity contribution < 1.29 is 9.53 Å². The number of carbonyl (C=O) groups excluding carboxylic acids is 1. The lowest BCUT2D eigenvalue weighted by Crippen LogP contribution is -2.15. The third-order valence-corrected chi connectivity index (χ3v) is 3.46. The molecular weight excluding hydrogens is 365 g/mol. The molecule has 0 aliphatic heterocycles. The van der Waals surface area contributed by atoms with Gasteiger partial charge in [0, 0.05) is 9.26 Å². The second-order valence-corrected chi connectivity index (χ2v) is 5.67. The van der Waals surface area contributed by atoms with Gasteiger partial charge in [-0.3, -0.25) is 4.79 Å². The summed E-state index contributed by atoms with van der Waals surface area (Å²) < 4.78 is 6.70. The van der Waals surface area contributed by atoms with Crippen LogP contribution in [0, 0.1) is 10.5 Å². The Balaban J connectivity index is 1.80. The number of amides is 1. The summed E-state index contributed by atoms with van der Waals surface area (Å²) >= 11 is 2.22. The van der Waals surface area contributed by atoms with Crippen molar-refractivity contribution in [2.24, 2.45) is 0 Å². The lowest BCUT2D eigenvalue weighted by molar-refractivity contribution is -0.116. The van der Waals surface area contributed by atoms with Crippen LogP contribution in [-0.4, -0.2) is 12.5 Å². The number of carbonyl (C=O) groups is 1. The molecule has 20 heavy (non-hydrogen) atoms. The Kier molecular flexibility index (Phi) is 5.40. The number of halogens is 1. The third-order valence-electron chi connectivity index (χ3n) is 2.79. The zero-order valence-corrected chi connectivity index (χ0v) is 13.4. The van der Waals surface area contributed by atoms with E-state index in [2.05, 4.69) is 27.9 Å². The molecule has 2 rings (SSSR count). The topological polar surface area (TPSA) is 38.3 Å². The first-order chi connectivity index (χ1) is 9.65. The van der Waals surface area contributed by atoms with Crippen LogP contribution in [0.25, 0.3) is 0 Å². The lowest BCUT2D eigenvalue weighted by Gasteiger charge is -2.09. The van der Waals surface area contributed by atoms with E-state index < -0.39 is 0 Å². The zero-order chi connectivity index (χ0) is 14.4. The highest BCUT2D eigenvalue weighted by molar-refractivity contribution is 14.1. The number of hydrogen-bond acceptors (Lipinski definition) is 2. The van der Waals surface area contributed by atoms with Gasteiger partial charge in [0.05, 0.1) is 13.0 Å². The quantitative estimate of drug-likeness (QED) is 0.795. The van der Waals surface area contributed by atoms with Crippen molar-refractivity contribution in [3.05, 3.63) is 57.7 Å². The Morgan fingerprint density at radius 1 is 1.20 bits per heavy atom. The minimum atomic E-state index is -0.0411. The first-order valence-electron chi connectivity index (χ1n) is 6.39. The molecule has 4 heteroatoms. The van der Waals surface area contributed by atoms with E-state index in [1.54, 1.807) is 0 Å². The molecule has 0 bridgehead atoms. The third kappa shape index (κ3) is 4.52. The SMILES string of the molecule is Cc1ccccc1OCCC(=O)Nc1cccc(I)c1. The van der Waals surface area contributed by atoms with E-state index in [4.69, 9.17) is 4.74 Å². The Labute approximate surface area is 132 Å². The first kappa shape index (κ1) is 14.8. The first-order valence-corrected chi connectivity index (χ1v) is 7.47. The minimum absolute atomic E-state index is 0.0411. The van der Waals surface area contributed by atoms with Gasteiger partial charge in [-0.1, -0.05) is 24.3 Å². The number of ether oxygens (including phenoxy) is 1. The molecule has 0 aromatic heterocycles. The number of rotatable bonds is 5. The number of benzene rings is 2. The van der Waals surface area contributed by atoms with E-state index in [9.17, 15) is 4.79 Å². The van der Waals surface area contributed by atoms with Crippen LogP contribution in [0.5, 0.6) is 5.75 Å². The fraction of sp³-hybridized carbons (Fsp3) is 0.188. The molecule has 0 saturated heterocycles. The van der Waals surface area contributed by atoms with Crippen molar-refractivity contribution in [2.75, 3.05) is 11.9 Å². The summed E-state index contributed by atoms with van der Waals surface area (Å²) in [5.74, 6) is 0.787. The summed E-state index contributed by atoms with van der Waals surface area (Å²) in [6.45, 7) is 2.36. The molecule has 0 spiro atoms. The number of nitrogens with one attached hydrogen (secondary N) is 1. The van der Waals surface area contributed by atoms with Gasteiger partial charge in [0.2, 0.25) is 5.91 Å². The molecule has 0 atom stereocenters. The van der Waals surface area contributed by atoms with Crippen LogP contribution in [0.1, 0.15) is 12.0 Å². The van der Waals surface area contributed by atoms with Gasteiger partial charge in [-0.15, -0.1) is 0 Å². The average Bonchev–Trinajstić information content (AvgIpc) is 2.41. The number of anilines is 1. The van der Waals surface area contributed by atoms with Gasteiger partial charge in [0.25, 0.3) is 0 Å². The van der Waals surface area contributed by atoms with E-state index in [-0.39, 0.29) is 5.91 Å². The molecule has 3 nitrogen and oxygen atoms in total. The highest BCUT2D eigenvalue weighted by Crippen LogP contribution is 2.16. The monoisotopic (exact) mass is 381 g/mol. The lowest BCUT2D eigenvalue weighted by atomic mass is 10.2. The smallest absolute Gasteiger partial charge is 0.227 e. The number of para-hydroxylation sites is 1. The summed E-state index contributed by atoms with van der Waals surface area (Å²) in [7, 11) is 0. The molecule has 0 aliphatic rings. The molecule has 1 amide bonds. The van der Waals surface area contributed by atoms with Crippen molar-refractivity contribution >= 4 is 34.2 Å². The van der Waals surface area contributed by atoms with Gasteiger partial charge in [0.1, 0.15) is 5.75 Å². The van der Waals surface area contributed by atoms with Crippen LogP contribution in [0.4, 0.5) is 5.69 Å². The van der Waals surface area contributed by atoms with Crippen molar-refractivity contribution in [3.63, 3.8) is 0 Å². The van der Waals surface area contributed by atoms with Crippen LogP contribution in [0.2, 0.25) is 0 Å².